The van der Waals surface area contributed by atoms with Gasteiger partial charge in [0.15, 0.2) is 0 Å². The molecule has 1 aromatic carbocycles. The SMILES string of the molecule is Cc1nc(O)nc(C)c1-c1ccc(Oc2nccc3occc23)cc1. The van der Waals surface area contributed by atoms with Crippen molar-refractivity contribution < 1.29 is 14.3 Å². The molecule has 0 aliphatic carbocycles. The lowest BCUT2D eigenvalue weighted by molar-refractivity contribution is 0.427. The van der Waals surface area contributed by atoms with Gasteiger partial charge in [-0.2, -0.15) is 0 Å². The third kappa shape index (κ3) is 2.78. The molecule has 6 nitrogen and oxygen atoms in total. The van der Waals surface area contributed by atoms with Crippen molar-refractivity contribution in [2.75, 3.05) is 0 Å². The number of rotatable bonds is 3. The molecule has 0 aliphatic heterocycles. The summed E-state index contributed by atoms with van der Waals surface area (Å²) in [6.45, 7) is 3.69. The van der Waals surface area contributed by atoms with E-state index in [0.29, 0.717) is 11.6 Å². The molecule has 0 bridgehead atoms. The zero-order valence-corrected chi connectivity index (χ0v) is 13.7. The molecule has 0 unspecified atom stereocenters. The molecule has 0 saturated carbocycles. The van der Waals surface area contributed by atoms with Crippen LogP contribution < -0.4 is 4.74 Å². The van der Waals surface area contributed by atoms with Crippen LogP contribution in [0.15, 0.2) is 53.3 Å². The van der Waals surface area contributed by atoms with Crippen molar-refractivity contribution in [1.29, 1.82) is 0 Å². The zero-order chi connectivity index (χ0) is 17.4. The summed E-state index contributed by atoms with van der Waals surface area (Å²) in [6.07, 6.45) is 3.26. The first-order valence-corrected chi connectivity index (χ1v) is 7.76. The first kappa shape index (κ1) is 15.1. The largest absolute Gasteiger partial charge is 0.479 e. The number of benzene rings is 1. The van der Waals surface area contributed by atoms with E-state index in [1.807, 2.05) is 44.2 Å². The second-order valence-corrected chi connectivity index (χ2v) is 5.64. The van der Waals surface area contributed by atoms with Crippen LogP contribution in [0.5, 0.6) is 17.6 Å². The molecule has 124 valence electrons. The number of aromatic hydroxyl groups is 1. The molecule has 0 amide bonds. The normalized spacial score (nSPS) is 11.0. The van der Waals surface area contributed by atoms with Crippen molar-refractivity contribution in [2.45, 2.75) is 13.8 Å². The first-order valence-electron chi connectivity index (χ1n) is 7.76. The van der Waals surface area contributed by atoms with Gasteiger partial charge in [-0.25, -0.2) is 15.0 Å². The van der Waals surface area contributed by atoms with E-state index in [0.717, 1.165) is 33.5 Å². The summed E-state index contributed by atoms with van der Waals surface area (Å²) in [6, 6.07) is 11.0. The highest BCUT2D eigenvalue weighted by molar-refractivity contribution is 5.82. The number of nitrogens with zero attached hydrogens (tertiary/aromatic N) is 3. The third-order valence-corrected chi connectivity index (χ3v) is 3.96. The van der Waals surface area contributed by atoms with Crippen LogP contribution in [0.3, 0.4) is 0 Å². The van der Waals surface area contributed by atoms with Crippen LogP contribution in [0.4, 0.5) is 0 Å². The minimum Gasteiger partial charge on any atom is -0.479 e. The van der Waals surface area contributed by atoms with Gasteiger partial charge in [-0.1, -0.05) is 12.1 Å². The van der Waals surface area contributed by atoms with Gasteiger partial charge in [-0.15, -0.1) is 0 Å². The average molecular weight is 333 g/mol. The predicted octanol–water partition coefficient (Wildman–Crippen LogP) is 4.40. The Balaban J connectivity index is 1.66. The monoisotopic (exact) mass is 333 g/mol. The van der Waals surface area contributed by atoms with Gasteiger partial charge < -0.3 is 14.3 Å². The van der Waals surface area contributed by atoms with Gasteiger partial charge in [0.25, 0.3) is 0 Å². The molecule has 1 N–H and O–H groups in total. The Bertz CT molecular complexity index is 1030. The fraction of sp³-hybridized carbons (Fsp3) is 0.105. The Labute approximate surface area is 143 Å². The van der Waals surface area contributed by atoms with Gasteiger partial charge in [0, 0.05) is 11.8 Å². The van der Waals surface area contributed by atoms with Crippen LogP contribution in [0.25, 0.3) is 22.1 Å². The summed E-state index contributed by atoms with van der Waals surface area (Å²) in [4.78, 5) is 12.3. The van der Waals surface area contributed by atoms with Crippen LogP contribution in [0, 0.1) is 13.8 Å². The topological polar surface area (TPSA) is 81.3 Å². The second kappa shape index (κ2) is 5.90. The molecule has 0 spiro atoms. The highest BCUT2D eigenvalue weighted by Crippen LogP contribution is 2.31. The smallest absolute Gasteiger partial charge is 0.314 e. The number of pyridine rings is 1. The number of furan rings is 1. The van der Waals surface area contributed by atoms with Gasteiger partial charge in [0.1, 0.15) is 11.3 Å². The van der Waals surface area contributed by atoms with E-state index in [4.69, 9.17) is 9.15 Å². The maximum absolute atomic E-state index is 9.49. The quantitative estimate of drug-likeness (QED) is 0.598. The Kier molecular flexibility index (Phi) is 3.57. The lowest BCUT2D eigenvalue weighted by Gasteiger charge is -2.10. The van der Waals surface area contributed by atoms with Crippen LogP contribution in [0.1, 0.15) is 11.4 Å². The second-order valence-electron chi connectivity index (χ2n) is 5.64. The molecular formula is C19H15N3O3. The van der Waals surface area contributed by atoms with Gasteiger partial charge >= 0.3 is 6.01 Å². The molecule has 0 radical (unpaired) electrons. The van der Waals surface area contributed by atoms with E-state index in [9.17, 15) is 5.11 Å². The van der Waals surface area contributed by atoms with E-state index >= 15 is 0 Å². The van der Waals surface area contributed by atoms with Crippen molar-refractivity contribution >= 4 is 11.0 Å². The molecule has 6 heteroatoms. The molecular weight excluding hydrogens is 318 g/mol. The summed E-state index contributed by atoms with van der Waals surface area (Å²) in [5.41, 5.74) is 4.04. The Morgan fingerprint density at radius 1 is 0.960 bits per heavy atom. The molecule has 25 heavy (non-hydrogen) atoms. The van der Waals surface area contributed by atoms with Gasteiger partial charge in [-0.05, 0) is 43.7 Å². The van der Waals surface area contributed by atoms with E-state index in [-0.39, 0.29) is 6.01 Å². The van der Waals surface area contributed by atoms with Crippen molar-refractivity contribution in [3.05, 3.63) is 60.2 Å². The number of ether oxygens (including phenoxy) is 1. The van der Waals surface area contributed by atoms with Gasteiger partial charge in [0.05, 0.1) is 23.0 Å². The van der Waals surface area contributed by atoms with Crippen molar-refractivity contribution in [2.24, 2.45) is 0 Å². The van der Waals surface area contributed by atoms with E-state index in [2.05, 4.69) is 15.0 Å². The highest BCUT2D eigenvalue weighted by atomic mass is 16.5. The molecule has 3 heterocycles. The van der Waals surface area contributed by atoms with Crippen LogP contribution in [-0.2, 0) is 0 Å². The number of fused-ring (bicyclic) bond motifs is 1. The van der Waals surface area contributed by atoms with Crippen LogP contribution in [-0.4, -0.2) is 20.1 Å². The number of aromatic nitrogens is 3. The van der Waals surface area contributed by atoms with Crippen LogP contribution in [0.2, 0.25) is 0 Å². The fourth-order valence-electron chi connectivity index (χ4n) is 2.87. The van der Waals surface area contributed by atoms with E-state index in [1.54, 1.807) is 18.5 Å². The summed E-state index contributed by atoms with van der Waals surface area (Å²) >= 11 is 0. The highest BCUT2D eigenvalue weighted by Gasteiger charge is 2.11. The molecule has 0 aliphatic rings. The maximum Gasteiger partial charge on any atom is 0.314 e. The van der Waals surface area contributed by atoms with E-state index < -0.39 is 0 Å². The Morgan fingerprint density at radius 2 is 1.68 bits per heavy atom. The van der Waals surface area contributed by atoms with Crippen molar-refractivity contribution in [1.82, 2.24) is 15.0 Å². The first-order chi connectivity index (χ1) is 12.1. The third-order valence-electron chi connectivity index (χ3n) is 3.96. The van der Waals surface area contributed by atoms with E-state index in [1.165, 1.54) is 0 Å². The summed E-state index contributed by atoms with van der Waals surface area (Å²) in [5.74, 6) is 1.17. The molecule has 0 fully saturated rings. The lowest BCUT2D eigenvalue weighted by atomic mass is 10.0. The zero-order valence-electron chi connectivity index (χ0n) is 13.7. The predicted molar refractivity (Wildman–Crippen MR) is 92.7 cm³/mol. The average Bonchev–Trinajstić information content (AvgIpc) is 3.05. The molecule has 4 rings (SSSR count). The van der Waals surface area contributed by atoms with Gasteiger partial charge in [-0.3, -0.25) is 0 Å². The Hall–Kier alpha value is -3.41. The summed E-state index contributed by atoms with van der Waals surface area (Å²) < 4.78 is 11.2. The van der Waals surface area contributed by atoms with Crippen molar-refractivity contribution in [3.63, 3.8) is 0 Å². The maximum atomic E-state index is 9.49. The lowest BCUT2D eigenvalue weighted by Crippen LogP contribution is -1.96. The molecule has 4 aromatic rings. The van der Waals surface area contributed by atoms with Crippen LogP contribution >= 0.6 is 0 Å². The standard InChI is InChI=1S/C19H15N3O3/c1-11-17(12(2)22-19(23)21-11)13-3-5-14(6-4-13)25-18-15-8-10-24-16(15)7-9-20-18/h3-10H,1-2H3,(H,21,22,23). The molecule has 0 saturated heterocycles. The summed E-state index contributed by atoms with van der Waals surface area (Å²) in [5, 5.41) is 10.3. The minimum atomic E-state index is -0.210. The molecule has 0 atom stereocenters. The Morgan fingerprint density at radius 3 is 2.40 bits per heavy atom. The summed E-state index contributed by atoms with van der Waals surface area (Å²) in [7, 11) is 0. The minimum absolute atomic E-state index is 0.210. The number of aryl methyl sites for hydroxylation is 2. The van der Waals surface area contributed by atoms with Gasteiger partial charge in [0.2, 0.25) is 5.88 Å². The molecule has 3 aromatic heterocycles. The number of hydrogen-bond donors (Lipinski definition) is 1. The van der Waals surface area contributed by atoms with Crippen molar-refractivity contribution in [3.8, 4) is 28.8 Å². The fourth-order valence-corrected chi connectivity index (χ4v) is 2.87. The number of hydrogen-bond acceptors (Lipinski definition) is 6.